The molecule has 0 radical (unpaired) electrons. The second-order valence-corrected chi connectivity index (χ2v) is 5.94. The maximum atomic E-state index is 12.5. The largest absolute Gasteiger partial charge is 0.449 e. The molecule has 2 rings (SSSR count). The third kappa shape index (κ3) is 4.84. The molecule has 1 aromatic heterocycles. The third-order valence-corrected chi connectivity index (χ3v) is 4.12. The van der Waals surface area contributed by atoms with E-state index >= 15 is 0 Å². The highest BCUT2D eigenvalue weighted by Gasteiger charge is 2.23. The molecule has 1 atom stereocenters. The van der Waals surface area contributed by atoms with Crippen LogP contribution in [0.25, 0.3) is 0 Å². The summed E-state index contributed by atoms with van der Waals surface area (Å²) in [4.78, 5) is 24.7. The molecule has 0 fully saturated rings. The first-order valence-corrected chi connectivity index (χ1v) is 8.47. The van der Waals surface area contributed by atoms with E-state index in [1.165, 1.54) is 25.1 Å². The van der Waals surface area contributed by atoms with Gasteiger partial charge in [-0.25, -0.2) is 4.79 Å². The molecule has 1 heterocycles. The molecular weight excluding hydrogens is 358 g/mol. The fraction of sp³-hybridized carbons (Fsp3) is 0.368. The molecule has 6 nitrogen and oxygen atoms in total. The smallest absolute Gasteiger partial charge is 0.387 e. The molecule has 2 aromatic rings. The number of rotatable bonds is 7. The van der Waals surface area contributed by atoms with Crippen molar-refractivity contribution in [2.75, 3.05) is 5.32 Å². The van der Waals surface area contributed by atoms with Gasteiger partial charge >= 0.3 is 12.6 Å². The number of carbonyl (C=O) groups is 2. The van der Waals surface area contributed by atoms with Crippen molar-refractivity contribution in [1.82, 2.24) is 4.57 Å². The molecule has 0 saturated heterocycles. The lowest BCUT2D eigenvalue weighted by atomic mass is 10.2. The van der Waals surface area contributed by atoms with E-state index < -0.39 is 24.6 Å². The number of aromatic nitrogens is 1. The Morgan fingerprint density at radius 2 is 1.89 bits per heavy atom. The SMILES string of the molecule is CCn1c(C)cc(C(=O)O[C@H](C)C(=O)Nc2ccccc2OC(F)F)c1C. The number of nitrogens with one attached hydrogen (secondary N) is 1. The molecule has 0 aliphatic heterocycles. The standard InChI is InChI=1S/C19H22F2N2O4/c1-5-23-11(2)10-14(12(23)3)18(25)26-13(4)17(24)22-15-8-6-7-9-16(15)27-19(20)21/h6-10,13,19H,5H2,1-4H3,(H,22,24)/t13-/m1/s1. The quantitative estimate of drug-likeness (QED) is 0.740. The van der Waals surface area contributed by atoms with Gasteiger partial charge in [-0.05, 0) is 45.9 Å². The lowest BCUT2D eigenvalue weighted by Gasteiger charge is -2.16. The summed E-state index contributed by atoms with van der Waals surface area (Å²) in [5.74, 6) is -1.45. The van der Waals surface area contributed by atoms with E-state index in [4.69, 9.17) is 4.74 Å². The molecule has 0 aliphatic carbocycles. The maximum absolute atomic E-state index is 12.5. The number of ether oxygens (including phenoxy) is 2. The number of amides is 1. The topological polar surface area (TPSA) is 69.6 Å². The van der Waals surface area contributed by atoms with Crippen LogP contribution in [0.15, 0.2) is 30.3 Å². The fourth-order valence-corrected chi connectivity index (χ4v) is 2.77. The van der Waals surface area contributed by atoms with Crippen molar-refractivity contribution in [1.29, 1.82) is 0 Å². The summed E-state index contributed by atoms with van der Waals surface area (Å²) in [6.45, 7) is 4.74. The number of para-hydroxylation sites is 2. The molecule has 0 saturated carbocycles. The van der Waals surface area contributed by atoms with Crippen molar-refractivity contribution in [3.63, 3.8) is 0 Å². The Morgan fingerprint density at radius 3 is 2.48 bits per heavy atom. The van der Waals surface area contributed by atoms with Gasteiger partial charge in [0.15, 0.2) is 6.10 Å². The highest BCUT2D eigenvalue weighted by molar-refractivity contribution is 5.98. The number of carbonyl (C=O) groups excluding carboxylic acids is 2. The average molecular weight is 380 g/mol. The number of nitrogens with zero attached hydrogens (tertiary/aromatic N) is 1. The Balaban J connectivity index is 2.07. The number of aryl methyl sites for hydroxylation is 1. The van der Waals surface area contributed by atoms with Crippen LogP contribution in [0.1, 0.15) is 35.6 Å². The maximum Gasteiger partial charge on any atom is 0.387 e. The van der Waals surface area contributed by atoms with E-state index in [1.807, 2.05) is 18.4 Å². The Bertz CT molecular complexity index is 833. The van der Waals surface area contributed by atoms with Crippen LogP contribution in [0, 0.1) is 13.8 Å². The summed E-state index contributed by atoms with van der Waals surface area (Å²) in [5, 5.41) is 2.44. The minimum absolute atomic E-state index is 0.0647. The normalized spacial score (nSPS) is 12.0. The number of hydrogen-bond donors (Lipinski definition) is 1. The Morgan fingerprint density at radius 1 is 1.22 bits per heavy atom. The highest BCUT2D eigenvalue weighted by atomic mass is 19.3. The van der Waals surface area contributed by atoms with E-state index in [-0.39, 0.29) is 11.4 Å². The third-order valence-electron chi connectivity index (χ3n) is 4.12. The minimum atomic E-state index is -3.02. The highest BCUT2D eigenvalue weighted by Crippen LogP contribution is 2.26. The monoisotopic (exact) mass is 380 g/mol. The number of halogens is 2. The number of alkyl halides is 2. The molecule has 0 spiro atoms. The van der Waals surface area contributed by atoms with Crippen molar-refractivity contribution in [3.8, 4) is 5.75 Å². The summed E-state index contributed by atoms with van der Waals surface area (Å²) < 4.78 is 36.5. The van der Waals surface area contributed by atoms with Gasteiger partial charge in [0.05, 0.1) is 11.3 Å². The van der Waals surface area contributed by atoms with Crippen molar-refractivity contribution >= 4 is 17.6 Å². The molecule has 1 aromatic carbocycles. The van der Waals surface area contributed by atoms with Crippen LogP contribution >= 0.6 is 0 Å². The van der Waals surface area contributed by atoms with E-state index in [2.05, 4.69) is 10.1 Å². The first kappa shape index (κ1) is 20.4. The molecule has 1 amide bonds. The van der Waals surface area contributed by atoms with Gasteiger partial charge < -0.3 is 19.4 Å². The Hall–Kier alpha value is -2.90. The first-order chi connectivity index (χ1) is 12.7. The molecule has 8 heteroatoms. The Kier molecular flexibility index (Phi) is 6.55. The zero-order valence-corrected chi connectivity index (χ0v) is 15.6. The summed E-state index contributed by atoms with van der Waals surface area (Å²) in [7, 11) is 0. The van der Waals surface area contributed by atoms with Crippen molar-refractivity contribution < 1.29 is 27.8 Å². The fourth-order valence-electron chi connectivity index (χ4n) is 2.77. The summed E-state index contributed by atoms with van der Waals surface area (Å²) >= 11 is 0. The van der Waals surface area contributed by atoms with Crippen LogP contribution in [0.5, 0.6) is 5.75 Å². The van der Waals surface area contributed by atoms with E-state index in [0.29, 0.717) is 12.1 Å². The number of esters is 1. The van der Waals surface area contributed by atoms with Gasteiger partial charge in [0.2, 0.25) is 0 Å². The van der Waals surface area contributed by atoms with Crippen LogP contribution in [0.4, 0.5) is 14.5 Å². The number of anilines is 1. The average Bonchev–Trinajstić information content (AvgIpc) is 2.89. The number of hydrogen-bond acceptors (Lipinski definition) is 4. The molecule has 1 N–H and O–H groups in total. The van der Waals surface area contributed by atoms with Crippen LogP contribution in [-0.4, -0.2) is 29.2 Å². The molecule has 27 heavy (non-hydrogen) atoms. The summed E-state index contributed by atoms with van der Waals surface area (Å²) in [6.07, 6.45) is -1.12. The van der Waals surface area contributed by atoms with Gasteiger partial charge in [0.1, 0.15) is 5.75 Å². The van der Waals surface area contributed by atoms with Crippen LogP contribution in [0.3, 0.4) is 0 Å². The van der Waals surface area contributed by atoms with E-state index in [0.717, 1.165) is 11.4 Å². The first-order valence-electron chi connectivity index (χ1n) is 8.47. The predicted octanol–water partition coefficient (Wildman–Crippen LogP) is 3.91. The van der Waals surface area contributed by atoms with Gasteiger partial charge in [-0.1, -0.05) is 12.1 Å². The van der Waals surface area contributed by atoms with Gasteiger partial charge in [-0.15, -0.1) is 0 Å². The second kappa shape index (κ2) is 8.66. The van der Waals surface area contributed by atoms with Gasteiger partial charge in [-0.2, -0.15) is 8.78 Å². The van der Waals surface area contributed by atoms with Crippen LogP contribution < -0.4 is 10.1 Å². The molecular formula is C19H22F2N2O4. The van der Waals surface area contributed by atoms with E-state index in [9.17, 15) is 18.4 Å². The van der Waals surface area contributed by atoms with Gasteiger partial charge in [0.25, 0.3) is 5.91 Å². The van der Waals surface area contributed by atoms with Gasteiger partial charge in [0, 0.05) is 17.9 Å². The number of benzene rings is 1. The van der Waals surface area contributed by atoms with Gasteiger partial charge in [-0.3, -0.25) is 4.79 Å². The van der Waals surface area contributed by atoms with Crippen LogP contribution in [-0.2, 0) is 16.1 Å². The van der Waals surface area contributed by atoms with Crippen LogP contribution in [0.2, 0.25) is 0 Å². The molecule has 146 valence electrons. The molecule has 0 aliphatic rings. The summed E-state index contributed by atoms with van der Waals surface area (Å²) in [5.41, 5.74) is 2.12. The Labute approximate surface area is 156 Å². The lowest BCUT2D eigenvalue weighted by Crippen LogP contribution is -2.30. The predicted molar refractivity (Wildman–Crippen MR) is 96.2 cm³/mol. The van der Waals surface area contributed by atoms with Crippen molar-refractivity contribution in [2.45, 2.75) is 47.0 Å². The summed E-state index contributed by atoms with van der Waals surface area (Å²) in [6, 6.07) is 7.49. The van der Waals surface area contributed by atoms with Crippen molar-refractivity contribution in [2.24, 2.45) is 0 Å². The molecule has 0 bridgehead atoms. The minimum Gasteiger partial charge on any atom is -0.449 e. The zero-order chi connectivity index (χ0) is 20.1. The molecule has 0 unspecified atom stereocenters. The lowest BCUT2D eigenvalue weighted by molar-refractivity contribution is -0.123. The second-order valence-electron chi connectivity index (χ2n) is 5.94. The van der Waals surface area contributed by atoms with Crippen molar-refractivity contribution in [3.05, 3.63) is 47.3 Å². The zero-order valence-electron chi connectivity index (χ0n) is 15.6. The van der Waals surface area contributed by atoms with E-state index in [1.54, 1.807) is 19.1 Å².